The molecule has 0 aromatic carbocycles. The fourth-order valence-corrected chi connectivity index (χ4v) is 2.07. The van der Waals surface area contributed by atoms with Gasteiger partial charge in [-0.1, -0.05) is 34.9 Å². The van der Waals surface area contributed by atoms with Crippen molar-refractivity contribution in [1.29, 1.82) is 0 Å². The van der Waals surface area contributed by atoms with Crippen molar-refractivity contribution in [2.24, 2.45) is 0 Å². The highest BCUT2D eigenvalue weighted by Crippen LogP contribution is 2.36. The third kappa shape index (κ3) is 14.2. The van der Waals surface area contributed by atoms with Crippen LogP contribution in [-0.4, -0.2) is 16.4 Å². The summed E-state index contributed by atoms with van der Waals surface area (Å²) < 4.78 is 4.74. The Morgan fingerprint density at radius 2 is 1.45 bits per heavy atom. The van der Waals surface area contributed by atoms with E-state index in [1.165, 1.54) is 16.7 Å². The summed E-state index contributed by atoms with van der Waals surface area (Å²) in [6.07, 6.45) is 10.5. The van der Waals surface area contributed by atoms with E-state index < -0.39 is 6.72 Å². The molecule has 0 aromatic heterocycles. The van der Waals surface area contributed by atoms with Crippen LogP contribution < -0.4 is 0 Å². The van der Waals surface area contributed by atoms with Gasteiger partial charge >= 0.3 is 6.72 Å². The molecule has 0 aliphatic heterocycles. The van der Waals surface area contributed by atoms with Crippen LogP contribution in [0.5, 0.6) is 0 Å². The molecule has 3 nitrogen and oxygen atoms in total. The first-order chi connectivity index (χ1) is 9.20. The predicted octanol–water partition coefficient (Wildman–Crippen LogP) is 4.63. The van der Waals surface area contributed by atoms with Crippen LogP contribution in [0.3, 0.4) is 0 Å². The molecule has 0 aromatic rings. The van der Waals surface area contributed by atoms with E-state index in [9.17, 15) is 0 Å². The zero-order valence-electron chi connectivity index (χ0n) is 12.9. The van der Waals surface area contributed by atoms with Gasteiger partial charge in [-0.2, -0.15) is 0 Å². The SMILES string of the molecule is CC(C)=CCCC(C)=CCCC(C)=CCOP(O)(O)=S. The van der Waals surface area contributed by atoms with Crippen LogP contribution in [0.2, 0.25) is 0 Å². The van der Waals surface area contributed by atoms with E-state index in [2.05, 4.69) is 44.7 Å². The summed E-state index contributed by atoms with van der Waals surface area (Å²) >= 11 is 4.37. The van der Waals surface area contributed by atoms with Gasteiger partial charge in [0.05, 0.1) is 6.61 Å². The Kier molecular flexibility index (Phi) is 10.3. The summed E-state index contributed by atoms with van der Waals surface area (Å²) in [5, 5.41) is 0. The molecule has 0 heterocycles. The lowest BCUT2D eigenvalue weighted by atomic mass is 10.1. The molecule has 0 saturated carbocycles. The van der Waals surface area contributed by atoms with E-state index >= 15 is 0 Å². The maximum Gasteiger partial charge on any atom is 0.322 e. The van der Waals surface area contributed by atoms with Crippen LogP contribution in [-0.2, 0) is 16.3 Å². The molecule has 0 spiro atoms. The van der Waals surface area contributed by atoms with Crippen LogP contribution in [0.4, 0.5) is 0 Å². The molecule has 20 heavy (non-hydrogen) atoms. The highest BCUT2D eigenvalue weighted by molar-refractivity contribution is 8.06. The molecular weight excluding hydrogens is 291 g/mol. The lowest BCUT2D eigenvalue weighted by Crippen LogP contribution is -1.89. The first kappa shape index (κ1) is 19.8. The Labute approximate surface area is 128 Å². The molecule has 0 unspecified atom stereocenters. The molecule has 5 heteroatoms. The highest BCUT2D eigenvalue weighted by atomic mass is 32.5. The van der Waals surface area contributed by atoms with Crippen LogP contribution in [0.15, 0.2) is 34.9 Å². The van der Waals surface area contributed by atoms with Crippen molar-refractivity contribution in [2.75, 3.05) is 6.61 Å². The monoisotopic (exact) mass is 318 g/mol. The van der Waals surface area contributed by atoms with Gasteiger partial charge < -0.3 is 14.3 Å². The Morgan fingerprint density at radius 3 is 1.95 bits per heavy atom. The molecule has 0 amide bonds. The minimum Gasteiger partial charge on any atom is -0.325 e. The van der Waals surface area contributed by atoms with Gasteiger partial charge in [0.2, 0.25) is 0 Å². The molecule has 0 fully saturated rings. The lowest BCUT2D eigenvalue weighted by Gasteiger charge is -2.06. The van der Waals surface area contributed by atoms with Gasteiger partial charge in [-0.05, 0) is 65.2 Å². The number of hydrogen-bond acceptors (Lipinski definition) is 2. The fourth-order valence-electron chi connectivity index (χ4n) is 1.62. The van der Waals surface area contributed by atoms with Gasteiger partial charge in [0, 0.05) is 0 Å². The fraction of sp³-hybridized carbons (Fsp3) is 0.600. The van der Waals surface area contributed by atoms with E-state index in [4.69, 9.17) is 14.3 Å². The predicted molar refractivity (Wildman–Crippen MR) is 90.1 cm³/mol. The van der Waals surface area contributed by atoms with Gasteiger partial charge in [0.1, 0.15) is 0 Å². The van der Waals surface area contributed by atoms with E-state index in [0.29, 0.717) is 0 Å². The summed E-state index contributed by atoms with van der Waals surface area (Å²) in [6, 6.07) is 0. The van der Waals surface area contributed by atoms with E-state index in [-0.39, 0.29) is 6.61 Å². The zero-order chi connectivity index (χ0) is 15.6. The topological polar surface area (TPSA) is 49.7 Å². The van der Waals surface area contributed by atoms with Crippen molar-refractivity contribution in [3.05, 3.63) is 34.9 Å². The molecule has 0 radical (unpaired) electrons. The number of rotatable bonds is 9. The highest BCUT2D eigenvalue weighted by Gasteiger charge is 2.05. The summed E-state index contributed by atoms with van der Waals surface area (Å²) in [4.78, 5) is 17.8. The van der Waals surface area contributed by atoms with Gasteiger partial charge in [-0.3, -0.25) is 0 Å². The van der Waals surface area contributed by atoms with Gasteiger partial charge in [-0.25, -0.2) is 0 Å². The van der Waals surface area contributed by atoms with Crippen LogP contribution in [0, 0.1) is 0 Å². The molecule has 0 saturated heterocycles. The second-order valence-corrected chi connectivity index (χ2v) is 7.91. The quantitative estimate of drug-likeness (QED) is 0.480. The van der Waals surface area contributed by atoms with Gasteiger partial charge in [0.15, 0.2) is 0 Å². The molecular formula is C15H27O3PS. The van der Waals surface area contributed by atoms with Crippen molar-refractivity contribution in [3.63, 3.8) is 0 Å². The molecule has 0 rings (SSSR count). The standard InChI is InChI=1S/C15H27O3PS/c1-13(2)7-5-8-14(3)9-6-10-15(4)11-12-18-19(16,17)20/h7,9,11H,5-6,8,10,12H2,1-4H3,(H2,16,17,20). The average molecular weight is 318 g/mol. The lowest BCUT2D eigenvalue weighted by molar-refractivity contribution is 0.278. The largest absolute Gasteiger partial charge is 0.325 e. The van der Waals surface area contributed by atoms with Crippen molar-refractivity contribution >= 4 is 18.5 Å². The number of allylic oxidation sites excluding steroid dienone is 5. The second kappa shape index (κ2) is 10.5. The Balaban J connectivity index is 3.94. The Bertz CT molecular complexity index is 415. The molecule has 2 N–H and O–H groups in total. The summed E-state index contributed by atoms with van der Waals surface area (Å²) in [5.74, 6) is 0. The van der Waals surface area contributed by atoms with E-state index in [1.807, 2.05) is 13.0 Å². The Morgan fingerprint density at radius 1 is 0.950 bits per heavy atom. The van der Waals surface area contributed by atoms with Crippen molar-refractivity contribution in [3.8, 4) is 0 Å². The second-order valence-electron chi connectivity index (χ2n) is 5.25. The molecule has 0 atom stereocenters. The minimum atomic E-state index is -3.51. The van der Waals surface area contributed by atoms with E-state index in [0.717, 1.165) is 25.7 Å². The van der Waals surface area contributed by atoms with Crippen LogP contribution in [0.25, 0.3) is 0 Å². The van der Waals surface area contributed by atoms with Gasteiger partial charge in [0.25, 0.3) is 0 Å². The third-order valence-electron chi connectivity index (χ3n) is 2.80. The van der Waals surface area contributed by atoms with Crippen molar-refractivity contribution in [1.82, 2.24) is 0 Å². The van der Waals surface area contributed by atoms with Crippen molar-refractivity contribution in [2.45, 2.75) is 53.4 Å². The smallest absolute Gasteiger partial charge is 0.322 e. The third-order valence-corrected chi connectivity index (χ3v) is 3.60. The number of hydrogen-bond donors (Lipinski definition) is 2. The zero-order valence-corrected chi connectivity index (χ0v) is 14.6. The first-order valence-corrected chi connectivity index (χ1v) is 9.48. The minimum absolute atomic E-state index is 0.166. The van der Waals surface area contributed by atoms with Gasteiger partial charge in [-0.15, -0.1) is 0 Å². The average Bonchev–Trinajstić information content (AvgIpc) is 2.26. The van der Waals surface area contributed by atoms with Crippen LogP contribution in [0.1, 0.15) is 53.4 Å². The Hall–Kier alpha value is -0.250. The van der Waals surface area contributed by atoms with E-state index in [1.54, 1.807) is 0 Å². The molecule has 0 aliphatic rings. The molecule has 116 valence electrons. The summed E-state index contributed by atoms with van der Waals surface area (Å²) in [5.41, 5.74) is 3.94. The maximum absolute atomic E-state index is 8.92. The first-order valence-electron chi connectivity index (χ1n) is 6.85. The summed E-state index contributed by atoms with van der Waals surface area (Å²) in [6.45, 7) is 5.06. The molecule has 0 bridgehead atoms. The maximum atomic E-state index is 8.92. The summed E-state index contributed by atoms with van der Waals surface area (Å²) in [7, 11) is 0. The normalized spacial score (nSPS) is 13.5. The molecule has 0 aliphatic carbocycles. The van der Waals surface area contributed by atoms with Crippen molar-refractivity contribution < 1.29 is 14.3 Å². The van der Waals surface area contributed by atoms with Crippen LogP contribution >= 0.6 is 6.72 Å².